The molecule has 1 N–H and O–H groups in total. The zero-order valence-electron chi connectivity index (χ0n) is 9.56. The second-order valence-corrected chi connectivity index (χ2v) is 6.37. The number of halogens is 1. The van der Waals surface area contributed by atoms with Crippen molar-refractivity contribution in [1.29, 1.82) is 0 Å². The van der Waals surface area contributed by atoms with E-state index in [2.05, 4.69) is 33.9 Å². The van der Waals surface area contributed by atoms with Gasteiger partial charge in [0.15, 0.2) is 0 Å². The number of aliphatic hydroxyl groups is 1. The summed E-state index contributed by atoms with van der Waals surface area (Å²) < 4.78 is 1.04. The van der Waals surface area contributed by atoms with Gasteiger partial charge in [-0.2, -0.15) is 0 Å². The van der Waals surface area contributed by atoms with Gasteiger partial charge in [0.25, 0.3) is 0 Å². The molecule has 0 fully saturated rings. The summed E-state index contributed by atoms with van der Waals surface area (Å²) >= 11 is 4.96. The maximum absolute atomic E-state index is 10.1. The lowest BCUT2D eigenvalue weighted by Gasteiger charge is -2.08. The van der Waals surface area contributed by atoms with Gasteiger partial charge in [-0.3, -0.25) is 4.98 Å². The number of rotatable bonds is 4. The fourth-order valence-electron chi connectivity index (χ4n) is 1.59. The Bertz CT molecular complexity index is 480. The molecule has 90 valence electrons. The minimum absolute atomic E-state index is 0.466. The zero-order valence-corrected chi connectivity index (χ0v) is 12.0. The number of pyridine rings is 1. The molecule has 0 radical (unpaired) electrons. The summed E-state index contributed by atoms with van der Waals surface area (Å²) in [7, 11) is 0. The summed E-state index contributed by atoms with van der Waals surface area (Å²) in [5, 5.41) is 10.1. The Hall–Kier alpha value is -0.710. The minimum Gasteiger partial charge on any atom is -0.387 e. The molecule has 0 aliphatic heterocycles. The van der Waals surface area contributed by atoms with Crippen LogP contribution in [0.2, 0.25) is 0 Å². The van der Waals surface area contributed by atoms with Crippen LogP contribution in [0.25, 0.3) is 0 Å². The van der Waals surface area contributed by atoms with E-state index in [-0.39, 0.29) is 0 Å². The van der Waals surface area contributed by atoms with Crippen molar-refractivity contribution in [2.75, 3.05) is 0 Å². The van der Waals surface area contributed by atoms with E-state index in [1.54, 1.807) is 11.3 Å². The van der Waals surface area contributed by atoms with Crippen LogP contribution in [-0.2, 0) is 12.8 Å². The standard InChI is InChI=1S/C13H14BrNOS/c1-2-9-3-4-10(15-8-9)7-11(16)12-5-6-13(14)17-12/h3-6,8,11,16H,2,7H2,1H3. The first-order valence-corrected chi connectivity index (χ1v) is 7.17. The van der Waals surface area contributed by atoms with Gasteiger partial charge in [-0.05, 0) is 46.1 Å². The predicted molar refractivity (Wildman–Crippen MR) is 74.3 cm³/mol. The topological polar surface area (TPSA) is 33.1 Å². The quantitative estimate of drug-likeness (QED) is 0.933. The van der Waals surface area contributed by atoms with Gasteiger partial charge in [0.2, 0.25) is 0 Å². The summed E-state index contributed by atoms with van der Waals surface area (Å²) in [4.78, 5) is 5.33. The fraction of sp³-hybridized carbons (Fsp3) is 0.308. The Balaban J connectivity index is 2.04. The van der Waals surface area contributed by atoms with E-state index in [1.165, 1.54) is 5.56 Å². The van der Waals surface area contributed by atoms with Crippen LogP contribution in [0.4, 0.5) is 0 Å². The molecule has 0 bridgehead atoms. The van der Waals surface area contributed by atoms with E-state index in [0.717, 1.165) is 20.8 Å². The van der Waals surface area contributed by atoms with Crippen molar-refractivity contribution in [1.82, 2.24) is 4.98 Å². The van der Waals surface area contributed by atoms with E-state index in [0.29, 0.717) is 6.42 Å². The Morgan fingerprint density at radius 1 is 1.35 bits per heavy atom. The SMILES string of the molecule is CCc1ccc(CC(O)c2ccc(Br)s2)nc1. The van der Waals surface area contributed by atoms with Gasteiger partial charge in [0.05, 0.1) is 9.89 Å². The van der Waals surface area contributed by atoms with Crippen molar-refractivity contribution in [2.45, 2.75) is 25.9 Å². The van der Waals surface area contributed by atoms with Crippen molar-refractivity contribution < 1.29 is 5.11 Å². The molecule has 0 aromatic carbocycles. The highest BCUT2D eigenvalue weighted by Crippen LogP contribution is 2.28. The molecule has 0 amide bonds. The summed E-state index contributed by atoms with van der Waals surface area (Å²) in [6, 6.07) is 7.96. The average Bonchev–Trinajstić information content (AvgIpc) is 2.77. The highest BCUT2D eigenvalue weighted by molar-refractivity contribution is 9.11. The highest BCUT2D eigenvalue weighted by Gasteiger charge is 2.11. The van der Waals surface area contributed by atoms with E-state index in [9.17, 15) is 5.11 Å². The third-order valence-corrected chi connectivity index (χ3v) is 4.34. The van der Waals surface area contributed by atoms with Crippen molar-refractivity contribution in [3.05, 3.63) is 50.4 Å². The first kappa shape index (κ1) is 12.7. The van der Waals surface area contributed by atoms with E-state index >= 15 is 0 Å². The molecule has 1 unspecified atom stereocenters. The zero-order chi connectivity index (χ0) is 12.3. The molecule has 0 saturated carbocycles. The monoisotopic (exact) mass is 311 g/mol. The minimum atomic E-state index is -0.466. The first-order valence-electron chi connectivity index (χ1n) is 5.56. The second kappa shape index (κ2) is 5.76. The van der Waals surface area contributed by atoms with Crippen LogP contribution in [0.15, 0.2) is 34.2 Å². The van der Waals surface area contributed by atoms with Crippen LogP contribution in [0.5, 0.6) is 0 Å². The Morgan fingerprint density at radius 2 is 2.18 bits per heavy atom. The Labute approximate surface area is 113 Å². The smallest absolute Gasteiger partial charge is 0.0937 e. The van der Waals surface area contributed by atoms with Gasteiger partial charge in [-0.25, -0.2) is 0 Å². The van der Waals surface area contributed by atoms with Crippen LogP contribution >= 0.6 is 27.3 Å². The maximum Gasteiger partial charge on any atom is 0.0937 e. The Kier molecular flexibility index (Phi) is 4.31. The van der Waals surface area contributed by atoms with Gasteiger partial charge < -0.3 is 5.11 Å². The number of thiophene rings is 1. The van der Waals surface area contributed by atoms with Gasteiger partial charge in [0.1, 0.15) is 0 Å². The average molecular weight is 312 g/mol. The predicted octanol–water partition coefficient (Wildman–Crippen LogP) is 3.74. The Morgan fingerprint density at radius 3 is 2.71 bits per heavy atom. The third kappa shape index (κ3) is 3.37. The van der Waals surface area contributed by atoms with E-state index in [4.69, 9.17) is 0 Å². The number of aryl methyl sites for hydroxylation is 1. The number of aromatic nitrogens is 1. The molecule has 0 spiro atoms. The van der Waals surface area contributed by atoms with Crippen LogP contribution in [0, 0.1) is 0 Å². The van der Waals surface area contributed by atoms with Crippen molar-refractivity contribution in [2.24, 2.45) is 0 Å². The molecule has 2 rings (SSSR count). The number of hydrogen-bond donors (Lipinski definition) is 1. The number of aliphatic hydroxyl groups excluding tert-OH is 1. The van der Waals surface area contributed by atoms with Gasteiger partial charge in [-0.1, -0.05) is 13.0 Å². The van der Waals surface area contributed by atoms with E-state index < -0.39 is 6.10 Å². The molecule has 0 aliphatic rings. The van der Waals surface area contributed by atoms with Gasteiger partial charge in [0, 0.05) is 23.2 Å². The molecule has 2 nitrogen and oxygen atoms in total. The molecule has 1 atom stereocenters. The van der Waals surface area contributed by atoms with Crippen LogP contribution < -0.4 is 0 Å². The second-order valence-electron chi connectivity index (χ2n) is 3.87. The number of hydrogen-bond acceptors (Lipinski definition) is 3. The lowest BCUT2D eigenvalue weighted by Crippen LogP contribution is -2.01. The normalized spacial score (nSPS) is 12.6. The lowest BCUT2D eigenvalue weighted by molar-refractivity contribution is 0.181. The molecule has 0 aliphatic carbocycles. The van der Waals surface area contributed by atoms with Crippen molar-refractivity contribution in [3.63, 3.8) is 0 Å². The van der Waals surface area contributed by atoms with Crippen molar-refractivity contribution >= 4 is 27.3 Å². The van der Waals surface area contributed by atoms with Gasteiger partial charge in [-0.15, -0.1) is 11.3 Å². The van der Waals surface area contributed by atoms with Crippen LogP contribution in [0.3, 0.4) is 0 Å². The lowest BCUT2D eigenvalue weighted by atomic mass is 10.1. The summed E-state index contributed by atoms with van der Waals surface area (Å²) in [5.74, 6) is 0. The highest BCUT2D eigenvalue weighted by atomic mass is 79.9. The molecular weight excluding hydrogens is 298 g/mol. The number of nitrogens with zero attached hydrogens (tertiary/aromatic N) is 1. The molecule has 2 aromatic heterocycles. The fourth-order valence-corrected chi connectivity index (χ4v) is 3.00. The maximum atomic E-state index is 10.1. The first-order chi connectivity index (χ1) is 8.19. The summed E-state index contributed by atoms with van der Waals surface area (Å²) in [6.45, 7) is 2.11. The van der Waals surface area contributed by atoms with Crippen molar-refractivity contribution in [3.8, 4) is 0 Å². The molecule has 0 saturated heterocycles. The molecule has 2 heterocycles. The largest absolute Gasteiger partial charge is 0.387 e. The molecule has 2 aromatic rings. The molecule has 17 heavy (non-hydrogen) atoms. The molecular formula is C13H14BrNOS. The van der Waals surface area contributed by atoms with Crippen LogP contribution in [-0.4, -0.2) is 10.1 Å². The summed E-state index contributed by atoms with van der Waals surface area (Å²) in [5.41, 5.74) is 2.15. The molecule has 4 heteroatoms. The van der Waals surface area contributed by atoms with Crippen LogP contribution in [0.1, 0.15) is 29.2 Å². The van der Waals surface area contributed by atoms with Gasteiger partial charge >= 0.3 is 0 Å². The third-order valence-electron chi connectivity index (χ3n) is 2.62. The summed E-state index contributed by atoms with van der Waals surface area (Å²) in [6.07, 6.45) is 2.98. The van der Waals surface area contributed by atoms with E-state index in [1.807, 2.05) is 24.4 Å².